The molecule has 0 aliphatic rings. The van der Waals surface area contributed by atoms with Gasteiger partial charge in [-0.2, -0.15) is 0 Å². The van der Waals surface area contributed by atoms with E-state index >= 15 is 0 Å². The van der Waals surface area contributed by atoms with Gasteiger partial charge in [-0.1, -0.05) is 51.0 Å². The fourth-order valence-corrected chi connectivity index (χ4v) is 4.52. The molecule has 4 rings (SSSR count). The molecular formula is C40H42O8. The summed E-state index contributed by atoms with van der Waals surface area (Å²) in [5, 5.41) is 0. The molecule has 0 aromatic heterocycles. The van der Waals surface area contributed by atoms with Gasteiger partial charge in [-0.15, -0.1) is 0 Å². The Kier molecular flexibility index (Phi) is 14.7. The van der Waals surface area contributed by atoms with Crippen LogP contribution >= 0.6 is 0 Å². The second kappa shape index (κ2) is 19.9. The summed E-state index contributed by atoms with van der Waals surface area (Å²) in [5.41, 5.74) is 0.880. The number of hydrogen-bond donors (Lipinski definition) is 0. The first-order valence-electron chi connectivity index (χ1n) is 16.1. The number of hydrogen-bond acceptors (Lipinski definition) is 8. The summed E-state index contributed by atoms with van der Waals surface area (Å²) in [7, 11) is 0. The fraction of sp³-hybridized carbons (Fsp3) is 0.250. The van der Waals surface area contributed by atoms with Gasteiger partial charge in [0.05, 0.1) is 24.3 Å². The summed E-state index contributed by atoms with van der Waals surface area (Å²) in [5.74, 6) is 2.84. The van der Waals surface area contributed by atoms with Gasteiger partial charge >= 0.3 is 11.9 Å². The maximum atomic E-state index is 12.4. The molecule has 0 N–H and O–H groups in total. The standard InChI is InChI=1S/C40H42O8/c1-3-27-43-33-15-11-31(12-16-33)39(41)47-37-23-19-35(20-24-37)45-29-9-7-5-6-8-10-30-46-36-21-25-38(26-22-36)48-40(42)32-13-17-34(18-14-32)44-28-4-2/h3-4,11-26H,1-2,5-10,27-30H2. The van der Waals surface area contributed by atoms with E-state index in [1.165, 1.54) is 0 Å². The van der Waals surface area contributed by atoms with Crippen molar-refractivity contribution in [2.24, 2.45) is 0 Å². The van der Waals surface area contributed by atoms with Crippen LogP contribution < -0.4 is 28.4 Å². The van der Waals surface area contributed by atoms with E-state index in [9.17, 15) is 9.59 Å². The molecular weight excluding hydrogens is 608 g/mol. The smallest absolute Gasteiger partial charge is 0.343 e. The number of carbonyl (C=O) groups excluding carboxylic acids is 2. The zero-order chi connectivity index (χ0) is 33.8. The van der Waals surface area contributed by atoms with Gasteiger partial charge < -0.3 is 28.4 Å². The van der Waals surface area contributed by atoms with Gasteiger partial charge in [-0.05, 0) is 110 Å². The van der Waals surface area contributed by atoms with E-state index in [-0.39, 0.29) is 0 Å². The first kappa shape index (κ1) is 35.4. The van der Waals surface area contributed by atoms with Crippen LogP contribution in [0.5, 0.6) is 34.5 Å². The number of carbonyl (C=O) groups is 2. The molecule has 4 aromatic rings. The van der Waals surface area contributed by atoms with E-state index in [0.717, 1.165) is 50.0 Å². The lowest BCUT2D eigenvalue weighted by Gasteiger charge is -2.09. The van der Waals surface area contributed by atoms with Crippen molar-refractivity contribution < 1.29 is 38.0 Å². The predicted octanol–water partition coefficient (Wildman–Crippen LogP) is 9.05. The Bertz CT molecular complexity index is 1440. The number of unbranched alkanes of at least 4 members (excludes halogenated alkanes) is 5. The van der Waals surface area contributed by atoms with Gasteiger partial charge in [-0.3, -0.25) is 0 Å². The van der Waals surface area contributed by atoms with Gasteiger partial charge in [-0.25, -0.2) is 9.59 Å². The molecule has 0 radical (unpaired) electrons. The normalized spacial score (nSPS) is 10.4. The minimum absolute atomic E-state index is 0.405. The maximum Gasteiger partial charge on any atom is 0.343 e. The molecule has 0 heterocycles. The Balaban J connectivity index is 1.01. The minimum atomic E-state index is -0.436. The Morgan fingerprint density at radius 3 is 1.06 bits per heavy atom. The van der Waals surface area contributed by atoms with Crippen molar-refractivity contribution in [3.63, 3.8) is 0 Å². The summed E-state index contributed by atoms with van der Waals surface area (Å²) in [6.45, 7) is 9.30. The molecule has 0 saturated carbocycles. The third kappa shape index (κ3) is 12.4. The van der Waals surface area contributed by atoms with Crippen molar-refractivity contribution in [2.45, 2.75) is 38.5 Å². The highest BCUT2D eigenvalue weighted by molar-refractivity contribution is 5.91. The first-order valence-corrected chi connectivity index (χ1v) is 16.1. The maximum absolute atomic E-state index is 12.4. The zero-order valence-corrected chi connectivity index (χ0v) is 27.1. The third-order valence-electron chi connectivity index (χ3n) is 7.06. The van der Waals surface area contributed by atoms with Crippen LogP contribution in [0.1, 0.15) is 59.2 Å². The molecule has 8 nitrogen and oxygen atoms in total. The van der Waals surface area contributed by atoms with Crippen molar-refractivity contribution in [1.29, 1.82) is 0 Å². The highest BCUT2D eigenvalue weighted by atomic mass is 16.5. The quantitative estimate of drug-likeness (QED) is 0.0382. The molecule has 0 spiro atoms. The first-order chi connectivity index (χ1) is 23.5. The average molecular weight is 651 g/mol. The molecule has 0 aliphatic carbocycles. The van der Waals surface area contributed by atoms with Crippen LogP contribution in [0, 0.1) is 0 Å². The van der Waals surface area contributed by atoms with Crippen molar-refractivity contribution in [3.8, 4) is 34.5 Å². The Morgan fingerprint density at radius 2 is 0.708 bits per heavy atom. The lowest BCUT2D eigenvalue weighted by Crippen LogP contribution is -2.08. The number of ether oxygens (including phenoxy) is 6. The molecule has 4 aromatic carbocycles. The van der Waals surface area contributed by atoms with Crippen LogP contribution in [0.3, 0.4) is 0 Å². The van der Waals surface area contributed by atoms with E-state index in [1.54, 1.807) is 109 Å². The van der Waals surface area contributed by atoms with Gasteiger partial charge in [0, 0.05) is 0 Å². The van der Waals surface area contributed by atoms with Gasteiger partial charge in [0.1, 0.15) is 47.7 Å². The van der Waals surface area contributed by atoms with Crippen molar-refractivity contribution in [3.05, 3.63) is 133 Å². The lowest BCUT2D eigenvalue weighted by atomic mass is 10.1. The highest BCUT2D eigenvalue weighted by Gasteiger charge is 2.10. The summed E-state index contributed by atoms with van der Waals surface area (Å²) < 4.78 is 33.5. The number of esters is 2. The average Bonchev–Trinajstić information content (AvgIpc) is 3.12. The summed E-state index contributed by atoms with van der Waals surface area (Å²) in [6.07, 6.45) is 9.68. The number of benzene rings is 4. The SMILES string of the molecule is C=CCOc1ccc(C(=O)Oc2ccc(OCCCCCCCCOc3ccc(OC(=O)c4ccc(OCC=C)cc4)cc3)cc2)cc1. The lowest BCUT2D eigenvalue weighted by molar-refractivity contribution is 0.0725. The molecule has 8 heteroatoms. The van der Waals surface area contributed by atoms with Crippen LogP contribution in [0.2, 0.25) is 0 Å². The van der Waals surface area contributed by atoms with Crippen LogP contribution in [0.25, 0.3) is 0 Å². The van der Waals surface area contributed by atoms with Crippen LogP contribution in [0.15, 0.2) is 122 Å². The Hall–Kier alpha value is -5.50. The van der Waals surface area contributed by atoms with Gasteiger partial charge in [0.25, 0.3) is 0 Å². The summed E-state index contributed by atoms with van der Waals surface area (Å²) >= 11 is 0. The molecule has 0 atom stereocenters. The van der Waals surface area contributed by atoms with E-state index in [2.05, 4.69) is 13.2 Å². The Labute approximate surface area is 282 Å². The molecule has 0 amide bonds. The molecule has 250 valence electrons. The van der Waals surface area contributed by atoms with Gasteiger partial charge in [0.15, 0.2) is 0 Å². The van der Waals surface area contributed by atoms with Crippen LogP contribution in [-0.4, -0.2) is 38.4 Å². The zero-order valence-electron chi connectivity index (χ0n) is 27.1. The van der Waals surface area contributed by atoms with E-state index < -0.39 is 11.9 Å². The molecule has 0 bridgehead atoms. The molecule has 0 fully saturated rings. The molecule has 48 heavy (non-hydrogen) atoms. The van der Waals surface area contributed by atoms with Crippen molar-refractivity contribution in [2.75, 3.05) is 26.4 Å². The second-order valence-corrected chi connectivity index (χ2v) is 10.8. The summed E-state index contributed by atoms with van der Waals surface area (Å²) in [4.78, 5) is 24.8. The van der Waals surface area contributed by atoms with Gasteiger partial charge in [0.2, 0.25) is 0 Å². The van der Waals surface area contributed by atoms with E-state index in [0.29, 0.717) is 60.6 Å². The Morgan fingerprint density at radius 1 is 0.417 bits per heavy atom. The summed E-state index contributed by atoms with van der Waals surface area (Å²) in [6, 6.07) is 27.7. The highest BCUT2D eigenvalue weighted by Crippen LogP contribution is 2.22. The number of rotatable bonds is 21. The van der Waals surface area contributed by atoms with Crippen molar-refractivity contribution >= 4 is 11.9 Å². The largest absolute Gasteiger partial charge is 0.494 e. The van der Waals surface area contributed by atoms with E-state index in [1.807, 2.05) is 0 Å². The minimum Gasteiger partial charge on any atom is -0.494 e. The third-order valence-corrected chi connectivity index (χ3v) is 7.06. The molecule has 0 unspecified atom stereocenters. The monoisotopic (exact) mass is 650 g/mol. The van der Waals surface area contributed by atoms with Crippen LogP contribution in [0.4, 0.5) is 0 Å². The molecule has 0 saturated heterocycles. The topological polar surface area (TPSA) is 89.5 Å². The second-order valence-electron chi connectivity index (χ2n) is 10.8. The van der Waals surface area contributed by atoms with Crippen LogP contribution in [-0.2, 0) is 0 Å². The molecule has 0 aliphatic heterocycles. The van der Waals surface area contributed by atoms with Crippen molar-refractivity contribution in [1.82, 2.24) is 0 Å². The predicted molar refractivity (Wildman–Crippen MR) is 186 cm³/mol. The fourth-order valence-electron chi connectivity index (χ4n) is 4.52. The van der Waals surface area contributed by atoms with E-state index in [4.69, 9.17) is 28.4 Å².